The standard InChI is InChI=1S/C12H8ClN5O2/c1-17-9(18(19)20)6-14-12(17)11-15-8-5-3-2-4-7(8)10(13)16-11/h2-6H,1H3. The Bertz CT molecular complexity index is 830. The van der Waals surface area contributed by atoms with E-state index in [1.807, 2.05) is 18.2 Å². The van der Waals surface area contributed by atoms with Crippen LogP contribution in [-0.2, 0) is 7.05 Å². The summed E-state index contributed by atoms with van der Waals surface area (Å²) < 4.78 is 1.32. The van der Waals surface area contributed by atoms with Gasteiger partial charge in [0.2, 0.25) is 5.82 Å². The van der Waals surface area contributed by atoms with Crippen molar-refractivity contribution in [3.05, 3.63) is 45.7 Å². The quantitative estimate of drug-likeness (QED) is 0.411. The lowest BCUT2D eigenvalue weighted by atomic mass is 10.2. The number of para-hydroxylation sites is 1. The van der Waals surface area contributed by atoms with Crippen LogP contribution in [0.25, 0.3) is 22.6 Å². The van der Waals surface area contributed by atoms with Crippen LogP contribution < -0.4 is 0 Å². The first-order valence-corrected chi connectivity index (χ1v) is 6.04. The van der Waals surface area contributed by atoms with Crippen LogP contribution >= 0.6 is 11.6 Å². The minimum atomic E-state index is -0.515. The predicted molar refractivity (Wildman–Crippen MR) is 73.4 cm³/mol. The van der Waals surface area contributed by atoms with E-state index in [1.54, 1.807) is 6.07 Å². The molecule has 0 aliphatic carbocycles. The Morgan fingerprint density at radius 2 is 2.05 bits per heavy atom. The van der Waals surface area contributed by atoms with Crippen molar-refractivity contribution < 1.29 is 4.92 Å². The minimum absolute atomic E-state index is 0.132. The smallest absolute Gasteiger partial charge is 0.343 e. The second-order valence-corrected chi connectivity index (χ2v) is 4.47. The molecule has 0 atom stereocenters. The van der Waals surface area contributed by atoms with Gasteiger partial charge >= 0.3 is 5.82 Å². The van der Waals surface area contributed by atoms with Gasteiger partial charge in [-0.15, -0.1) is 0 Å². The maximum absolute atomic E-state index is 10.8. The molecular weight excluding hydrogens is 282 g/mol. The van der Waals surface area contributed by atoms with Crippen molar-refractivity contribution in [3.8, 4) is 11.6 Å². The fourth-order valence-corrected chi connectivity index (χ4v) is 2.16. The number of aromatic nitrogens is 4. The number of halogens is 1. The molecule has 0 radical (unpaired) electrons. The molecule has 7 nitrogen and oxygen atoms in total. The van der Waals surface area contributed by atoms with Crippen molar-refractivity contribution in [2.24, 2.45) is 7.05 Å². The third-order valence-electron chi connectivity index (χ3n) is 2.91. The van der Waals surface area contributed by atoms with Crippen LogP contribution in [0.3, 0.4) is 0 Å². The molecule has 3 rings (SSSR count). The third kappa shape index (κ3) is 1.88. The fraction of sp³-hybridized carbons (Fsp3) is 0.0833. The first kappa shape index (κ1) is 12.5. The van der Waals surface area contributed by atoms with Gasteiger partial charge in [0.25, 0.3) is 5.82 Å². The Morgan fingerprint density at radius 1 is 1.30 bits per heavy atom. The second-order valence-electron chi connectivity index (χ2n) is 4.11. The summed E-state index contributed by atoms with van der Waals surface area (Å²) in [6, 6.07) is 7.27. The Kier molecular flexibility index (Phi) is 2.83. The predicted octanol–water partition coefficient (Wildman–Crippen LogP) is 2.59. The number of imidazole rings is 1. The average molecular weight is 290 g/mol. The number of hydrogen-bond acceptors (Lipinski definition) is 5. The zero-order chi connectivity index (χ0) is 14.3. The SMILES string of the molecule is Cn1c([N+](=O)[O-])cnc1-c1nc(Cl)c2ccccc2n1. The van der Waals surface area contributed by atoms with Gasteiger partial charge in [0.05, 0.1) is 12.6 Å². The molecule has 0 spiro atoms. The Hall–Kier alpha value is -2.54. The monoisotopic (exact) mass is 289 g/mol. The zero-order valence-corrected chi connectivity index (χ0v) is 11.1. The van der Waals surface area contributed by atoms with Crippen LogP contribution in [0, 0.1) is 10.1 Å². The summed E-state index contributed by atoms with van der Waals surface area (Å²) in [5, 5.41) is 11.8. The summed E-state index contributed by atoms with van der Waals surface area (Å²) in [5.74, 6) is 0.418. The van der Waals surface area contributed by atoms with E-state index in [2.05, 4.69) is 15.0 Å². The zero-order valence-electron chi connectivity index (χ0n) is 10.3. The maximum Gasteiger partial charge on any atom is 0.343 e. The molecule has 0 aliphatic rings. The van der Waals surface area contributed by atoms with Gasteiger partial charge in [0, 0.05) is 5.39 Å². The summed E-state index contributed by atoms with van der Waals surface area (Å²) >= 11 is 6.11. The molecule has 0 unspecified atom stereocenters. The number of rotatable bonds is 2. The van der Waals surface area contributed by atoms with E-state index in [0.717, 1.165) is 5.39 Å². The summed E-state index contributed by atoms with van der Waals surface area (Å²) in [6.45, 7) is 0. The van der Waals surface area contributed by atoms with Crippen molar-refractivity contribution in [1.82, 2.24) is 19.5 Å². The molecule has 100 valence electrons. The molecule has 2 aromatic heterocycles. The molecule has 2 heterocycles. The summed E-state index contributed by atoms with van der Waals surface area (Å²) in [6.07, 6.45) is 1.17. The van der Waals surface area contributed by atoms with Crippen LogP contribution in [0.2, 0.25) is 5.15 Å². The highest BCUT2D eigenvalue weighted by atomic mass is 35.5. The normalized spacial score (nSPS) is 10.9. The fourth-order valence-electron chi connectivity index (χ4n) is 1.92. The largest absolute Gasteiger partial charge is 0.358 e. The van der Waals surface area contributed by atoms with Gasteiger partial charge in [-0.2, -0.15) is 0 Å². The van der Waals surface area contributed by atoms with Crippen LogP contribution in [-0.4, -0.2) is 24.4 Å². The molecule has 0 amide bonds. The molecular formula is C12H8ClN5O2. The summed E-state index contributed by atoms with van der Waals surface area (Å²) in [4.78, 5) is 22.8. The van der Waals surface area contributed by atoms with Gasteiger partial charge in [-0.25, -0.2) is 19.5 Å². The van der Waals surface area contributed by atoms with Crippen LogP contribution in [0.5, 0.6) is 0 Å². The van der Waals surface area contributed by atoms with Crippen LogP contribution in [0.1, 0.15) is 0 Å². The van der Waals surface area contributed by atoms with E-state index in [-0.39, 0.29) is 16.8 Å². The average Bonchev–Trinajstić information content (AvgIpc) is 2.80. The lowest BCUT2D eigenvalue weighted by Crippen LogP contribution is -2.01. The van der Waals surface area contributed by atoms with Gasteiger partial charge in [-0.05, 0) is 17.1 Å². The van der Waals surface area contributed by atoms with E-state index in [1.165, 1.54) is 17.8 Å². The van der Waals surface area contributed by atoms with Gasteiger partial charge in [0.15, 0.2) is 0 Å². The summed E-state index contributed by atoms with van der Waals surface area (Å²) in [5.41, 5.74) is 0.660. The maximum atomic E-state index is 10.8. The highest BCUT2D eigenvalue weighted by Crippen LogP contribution is 2.25. The van der Waals surface area contributed by atoms with E-state index >= 15 is 0 Å². The number of nitrogens with zero attached hydrogens (tertiary/aromatic N) is 5. The van der Waals surface area contributed by atoms with E-state index in [9.17, 15) is 10.1 Å². The number of hydrogen-bond donors (Lipinski definition) is 0. The van der Waals surface area contributed by atoms with Crippen molar-refractivity contribution in [3.63, 3.8) is 0 Å². The van der Waals surface area contributed by atoms with Crippen molar-refractivity contribution in [2.45, 2.75) is 0 Å². The number of benzene rings is 1. The number of fused-ring (bicyclic) bond motifs is 1. The van der Waals surface area contributed by atoms with E-state index in [0.29, 0.717) is 11.3 Å². The topological polar surface area (TPSA) is 86.7 Å². The number of nitro groups is 1. The molecule has 0 aliphatic heterocycles. The van der Waals surface area contributed by atoms with Crippen LogP contribution in [0.4, 0.5) is 5.82 Å². The molecule has 0 saturated heterocycles. The molecule has 8 heteroatoms. The molecule has 20 heavy (non-hydrogen) atoms. The van der Waals surface area contributed by atoms with E-state index in [4.69, 9.17) is 11.6 Å². The Morgan fingerprint density at radius 3 is 2.75 bits per heavy atom. The van der Waals surface area contributed by atoms with Gasteiger partial charge in [-0.3, -0.25) is 0 Å². The summed E-state index contributed by atoms with van der Waals surface area (Å²) in [7, 11) is 1.53. The minimum Gasteiger partial charge on any atom is -0.358 e. The lowest BCUT2D eigenvalue weighted by molar-refractivity contribution is -0.391. The van der Waals surface area contributed by atoms with Gasteiger partial charge in [0.1, 0.15) is 11.3 Å². The first-order chi connectivity index (χ1) is 9.58. The second kappa shape index (κ2) is 4.53. The lowest BCUT2D eigenvalue weighted by Gasteiger charge is -2.02. The van der Waals surface area contributed by atoms with Crippen molar-refractivity contribution >= 4 is 28.3 Å². The Labute approximate surface area is 118 Å². The molecule has 0 bridgehead atoms. The molecule has 0 fully saturated rings. The molecule has 3 aromatic rings. The third-order valence-corrected chi connectivity index (χ3v) is 3.20. The molecule has 1 aromatic carbocycles. The Balaban J connectivity index is 2.22. The highest BCUT2D eigenvalue weighted by molar-refractivity contribution is 6.34. The van der Waals surface area contributed by atoms with Crippen LogP contribution in [0.15, 0.2) is 30.5 Å². The van der Waals surface area contributed by atoms with E-state index < -0.39 is 4.92 Å². The van der Waals surface area contributed by atoms with Gasteiger partial charge in [-0.1, -0.05) is 23.7 Å². The highest BCUT2D eigenvalue weighted by Gasteiger charge is 2.21. The van der Waals surface area contributed by atoms with Gasteiger partial charge < -0.3 is 10.1 Å². The van der Waals surface area contributed by atoms with Crippen molar-refractivity contribution in [2.75, 3.05) is 0 Å². The molecule has 0 saturated carbocycles. The first-order valence-electron chi connectivity index (χ1n) is 5.66. The van der Waals surface area contributed by atoms with Crippen molar-refractivity contribution in [1.29, 1.82) is 0 Å². The molecule has 0 N–H and O–H groups in total.